The summed E-state index contributed by atoms with van der Waals surface area (Å²) in [5, 5.41) is 13.1. The Morgan fingerprint density at radius 1 is 1.39 bits per heavy atom. The fraction of sp³-hybridized carbons (Fsp3) is 0.308. The maximum atomic E-state index is 11.0. The highest BCUT2D eigenvalue weighted by Gasteiger charge is 2.50. The molecule has 0 saturated heterocycles. The average Bonchev–Trinajstić information content (AvgIpc) is 3.17. The van der Waals surface area contributed by atoms with Crippen molar-refractivity contribution in [2.24, 2.45) is 5.41 Å². The van der Waals surface area contributed by atoms with Gasteiger partial charge in [0.05, 0.1) is 10.9 Å². The van der Waals surface area contributed by atoms with Gasteiger partial charge in [-0.3, -0.25) is 4.79 Å². The minimum Gasteiger partial charge on any atom is -0.481 e. The van der Waals surface area contributed by atoms with E-state index in [2.05, 4.69) is 15.3 Å². The summed E-state index contributed by atoms with van der Waals surface area (Å²) < 4.78 is 0. The van der Waals surface area contributed by atoms with Gasteiger partial charge in [0.2, 0.25) is 5.95 Å². The number of nitrogens with zero attached hydrogens (tertiary/aromatic N) is 2. The van der Waals surface area contributed by atoms with Crippen molar-refractivity contribution in [1.29, 1.82) is 0 Å². The Morgan fingerprint density at radius 2 is 2.17 bits per heavy atom. The molecule has 0 radical (unpaired) electrons. The molecule has 2 aromatic rings. The van der Waals surface area contributed by atoms with E-state index in [0.717, 1.165) is 23.7 Å². The number of nitrogens with one attached hydrogen (secondary N) is 1. The van der Waals surface area contributed by atoms with Gasteiger partial charge >= 0.3 is 5.97 Å². The molecule has 5 heteroatoms. The number of benzene rings is 1. The number of carboxylic acids is 1. The topological polar surface area (TPSA) is 75.1 Å². The molecular formula is C13H13N3O2. The van der Waals surface area contributed by atoms with Crippen LogP contribution in [0.5, 0.6) is 0 Å². The third kappa shape index (κ3) is 1.88. The molecule has 5 nitrogen and oxygen atoms in total. The summed E-state index contributed by atoms with van der Waals surface area (Å²) in [7, 11) is 0. The molecule has 1 fully saturated rings. The number of aliphatic carboxylic acids is 1. The zero-order valence-electron chi connectivity index (χ0n) is 9.76. The maximum absolute atomic E-state index is 11.0. The standard InChI is InChI=1S/C13H13N3O2/c17-11(18)13(5-6-13)8-15-12-14-7-9-3-1-2-4-10(9)16-12/h1-4,7H,5-6,8H2,(H,17,18)(H,14,15,16). The predicted molar refractivity (Wildman–Crippen MR) is 67.3 cm³/mol. The third-order valence-electron chi connectivity index (χ3n) is 3.38. The highest BCUT2D eigenvalue weighted by molar-refractivity contribution is 5.79. The first kappa shape index (κ1) is 11.0. The van der Waals surface area contributed by atoms with Crippen LogP contribution in [0.1, 0.15) is 12.8 Å². The van der Waals surface area contributed by atoms with Gasteiger partial charge in [-0.1, -0.05) is 18.2 Å². The lowest BCUT2D eigenvalue weighted by molar-refractivity contribution is -0.142. The van der Waals surface area contributed by atoms with Crippen molar-refractivity contribution in [2.75, 3.05) is 11.9 Å². The number of anilines is 1. The zero-order chi connectivity index (χ0) is 12.6. The number of carboxylic acid groups (broad SMARTS) is 1. The number of aromatic nitrogens is 2. The highest BCUT2D eigenvalue weighted by atomic mass is 16.4. The molecule has 0 spiro atoms. The molecule has 0 atom stereocenters. The second kappa shape index (κ2) is 3.94. The molecule has 1 saturated carbocycles. The molecule has 1 aliphatic carbocycles. The van der Waals surface area contributed by atoms with E-state index in [1.807, 2.05) is 24.3 Å². The number of hydrogen-bond acceptors (Lipinski definition) is 4. The summed E-state index contributed by atoms with van der Waals surface area (Å²) in [5.41, 5.74) is 0.254. The van der Waals surface area contributed by atoms with E-state index in [0.29, 0.717) is 12.5 Å². The predicted octanol–water partition coefficient (Wildman–Crippen LogP) is 1.91. The van der Waals surface area contributed by atoms with Gasteiger partial charge < -0.3 is 10.4 Å². The Hall–Kier alpha value is -2.17. The quantitative estimate of drug-likeness (QED) is 0.857. The van der Waals surface area contributed by atoms with E-state index < -0.39 is 11.4 Å². The average molecular weight is 243 g/mol. The lowest BCUT2D eigenvalue weighted by atomic mass is 10.1. The molecule has 2 N–H and O–H groups in total. The van der Waals surface area contributed by atoms with E-state index in [1.165, 1.54) is 0 Å². The van der Waals surface area contributed by atoms with Crippen molar-refractivity contribution in [3.8, 4) is 0 Å². The molecule has 92 valence electrons. The summed E-state index contributed by atoms with van der Waals surface area (Å²) in [6.07, 6.45) is 3.19. The van der Waals surface area contributed by atoms with Crippen LogP contribution in [0, 0.1) is 5.41 Å². The Bertz CT molecular complexity index is 608. The third-order valence-corrected chi connectivity index (χ3v) is 3.38. The zero-order valence-corrected chi connectivity index (χ0v) is 9.76. The van der Waals surface area contributed by atoms with Crippen molar-refractivity contribution in [3.63, 3.8) is 0 Å². The number of carbonyl (C=O) groups is 1. The van der Waals surface area contributed by atoms with E-state index in [4.69, 9.17) is 5.11 Å². The van der Waals surface area contributed by atoms with Gasteiger partial charge in [-0.2, -0.15) is 0 Å². The second-order valence-electron chi connectivity index (χ2n) is 4.69. The molecule has 0 amide bonds. The van der Waals surface area contributed by atoms with Crippen LogP contribution >= 0.6 is 0 Å². The first-order valence-electron chi connectivity index (χ1n) is 5.89. The molecule has 0 aliphatic heterocycles. The fourth-order valence-corrected chi connectivity index (χ4v) is 1.92. The van der Waals surface area contributed by atoms with Gasteiger partial charge in [0.1, 0.15) is 0 Å². The van der Waals surface area contributed by atoms with E-state index in [1.54, 1.807) is 6.20 Å². The van der Waals surface area contributed by atoms with Gasteiger partial charge in [-0.05, 0) is 18.9 Å². The van der Waals surface area contributed by atoms with Gasteiger partial charge in [-0.25, -0.2) is 9.97 Å². The second-order valence-corrected chi connectivity index (χ2v) is 4.69. The van der Waals surface area contributed by atoms with Crippen LogP contribution in [-0.4, -0.2) is 27.6 Å². The summed E-state index contributed by atoms with van der Waals surface area (Å²) in [6, 6.07) is 7.70. The lowest BCUT2D eigenvalue weighted by Crippen LogP contribution is -2.25. The van der Waals surface area contributed by atoms with Gasteiger partial charge in [0.15, 0.2) is 0 Å². The van der Waals surface area contributed by atoms with Crippen molar-refractivity contribution >= 4 is 22.8 Å². The van der Waals surface area contributed by atoms with Crippen molar-refractivity contribution < 1.29 is 9.90 Å². The van der Waals surface area contributed by atoms with Gasteiger partial charge in [0, 0.05) is 18.1 Å². The Morgan fingerprint density at radius 3 is 2.89 bits per heavy atom. The van der Waals surface area contributed by atoms with Crippen LogP contribution in [0.3, 0.4) is 0 Å². The first-order valence-corrected chi connectivity index (χ1v) is 5.89. The van der Waals surface area contributed by atoms with Crippen molar-refractivity contribution in [2.45, 2.75) is 12.8 Å². The molecular weight excluding hydrogens is 230 g/mol. The monoisotopic (exact) mass is 243 g/mol. The molecule has 1 aromatic heterocycles. The minimum absolute atomic E-state index is 0.390. The number of fused-ring (bicyclic) bond motifs is 1. The first-order chi connectivity index (χ1) is 8.70. The SMILES string of the molecule is O=C(O)C1(CNc2ncc3ccccc3n2)CC1. The van der Waals surface area contributed by atoms with E-state index in [-0.39, 0.29) is 0 Å². The lowest BCUT2D eigenvalue weighted by Gasteiger charge is -2.11. The molecule has 1 aromatic carbocycles. The highest BCUT2D eigenvalue weighted by Crippen LogP contribution is 2.45. The number of rotatable bonds is 4. The Kier molecular flexibility index (Phi) is 2.40. The van der Waals surface area contributed by atoms with Gasteiger partial charge in [0.25, 0.3) is 0 Å². The van der Waals surface area contributed by atoms with Crippen LogP contribution in [0.25, 0.3) is 10.9 Å². The summed E-state index contributed by atoms with van der Waals surface area (Å²) in [6.45, 7) is 0.390. The molecule has 3 rings (SSSR count). The van der Waals surface area contributed by atoms with Crippen LogP contribution in [0.15, 0.2) is 30.5 Å². The normalized spacial score (nSPS) is 16.4. The van der Waals surface area contributed by atoms with Crippen LogP contribution in [0.2, 0.25) is 0 Å². The Labute approximate surface area is 104 Å². The van der Waals surface area contributed by atoms with E-state index in [9.17, 15) is 4.79 Å². The van der Waals surface area contributed by atoms with Crippen LogP contribution in [0.4, 0.5) is 5.95 Å². The largest absolute Gasteiger partial charge is 0.481 e. The smallest absolute Gasteiger partial charge is 0.311 e. The number of para-hydroxylation sites is 1. The van der Waals surface area contributed by atoms with Crippen LogP contribution in [-0.2, 0) is 4.79 Å². The molecule has 18 heavy (non-hydrogen) atoms. The van der Waals surface area contributed by atoms with Gasteiger partial charge in [-0.15, -0.1) is 0 Å². The summed E-state index contributed by atoms with van der Waals surface area (Å²) in [4.78, 5) is 19.6. The van der Waals surface area contributed by atoms with Crippen molar-refractivity contribution in [1.82, 2.24) is 9.97 Å². The fourth-order valence-electron chi connectivity index (χ4n) is 1.92. The maximum Gasteiger partial charge on any atom is 0.311 e. The molecule has 1 aliphatic rings. The van der Waals surface area contributed by atoms with E-state index >= 15 is 0 Å². The number of hydrogen-bond donors (Lipinski definition) is 2. The molecule has 0 unspecified atom stereocenters. The van der Waals surface area contributed by atoms with Crippen molar-refractivity contribution in [3.05, 3.63) is 30.5 Å². The summed E-state index contributed by atoms with van der Waals surface area (Å²) in [5.74, 6) is -0.253. The molecule has 0 bridgehead atoms. The minimum atomic E-state index is -0.740. The Balaban J connectivity index is 1.77. The summed E-state index contributed by atoms with van der Waals surface area (Å²) >= 11 is 0. The van der Waals surface area contributed by atoms with Crippen LogP contribution < -0.4 is 5.32 Å². The molecule has 1 heterocycles.